The number of nitrogens with one attached hydrogen (secondary N) is 1. The van der Waals surface area contributed by atoms with Gasteiger partial charge in [0.1, 0.15) is 0 Å². The van der Waals surface area contributed by atoms with Gasteiger partial charge in [-0.2, -0.15) is 0 Å². The van der Waals surface area contributed by atoms with Gasteiger partial charge in [-0.3, -0.25) is 0 Å². The number of hydrogen-bond donors (Lipinski definition) is 2. The molecule has 0 fully saturated rings. The van der Waals surface area contributed by atoms with E-state index in [2.05, 4.69) is 27.9 Å². The monoisotopic (exact) mass is 300 g/mol. The highest BCUT2D eigenvalue weighted by Gasteiger charge is 2.16. The Morgan fingerprint density at radius 1 is 1.24 bits per heavy atom. The van der Waals surface area contributed by atoms with Crippen molar-refractivity contribution in [1.29, 1.82) is 0 Å². The molecule has 3 N–H and O–H groups in total. The molecule has 0 radical (unpaired) electrons. The smallest absolute Gasteiger partial charge is 0.204 e. The van der Waals surface area contributed by atoms with E-state index < -0.39 is 0 Å². The molecule has 5 heteroatoms. The number of rotatable bonds is 3. The maximum atomic E-state index is 6.07. The first kappa shape index (κ1) is 13.8. The normalized spacial score (nSPS) is 12.5. The third kappa shape index (κ3) is 2.67. The molecule has 0 saturated heterocycles. The number of benzene rings is 2. The van der Waals surface area contributed by atoms with Crippen molar-refractivity contribution in [3.63, 3.8) is 0 Å². The Balaban J connectivity index is 1.94. The molecule has 0 aliphatic heterocycles. The van der Waals surface area contributed by atoms with Crippen LogP contribution in [0.25, 0.3) is 11.0 Å². The van der Waals surface area contributed by atoms with E-state index in [1.54, 1.807) is 0 Å². The van der Waals surface area contributed by atoms with Gasteiger partial charge >= 0.3 is 0 Å². The van der Waals surface area contributed by atoms with Crippen molar-refractivity contribution in [3.8, 4) is 0 Å². The number of anilines is 2. The minimum Gasteiger partial charge on any atom is -0.399 e. The largest absolute Gasteiger partial charge is 0.399 e. The number of imidazole rings is 1. The average molecular weight is 301 g/mol. The third-order valence-corrected chi connectivity index (χ3v) is 3.97. The van der Waals surface area contributed by atoms with Crippen LogP contribution in [-0.2, 0) is 0 Å². The molecule has 1 heterocycles. The molecule has 1 aromatic heterocycles. The van der Waals surface area contributed by atoms with E-state index in [9.17, 15) is 0 Å². The molecule has 0 amide bonds. The second-order valence-corrected chi connectivity index (χ2v) is 5.62. The summed E-state index contributed by atoms with van der Waals surface area (Å²) in [5, 5.41) is 0.741. The van der Waals surface area contributed by atoms with Crippen molar-refractivity contribution in [2.75, 3.05) is 17.7 Å². The fraction of sp³-hybridized carbons (Fsp3) is 0.188. The van der Waals surface area contributed by atoms with Crippen LogP contribution in [0.3, 0.4) is 0 Å². The second-order valence-electron chi connectivity index (χ2n) is 5.18. The van der Waals surface area contributed by atoms with Crippen LogP contribution < -0.4 is 10.6 Å². The minimum atomic E-state index is 0.154. The lowest BCUT2D eigenvalue weighted by atomic mass is 10.1. The summed E-state index contributed by atoms with van der Waals surface area (Å²) in [6, 6.07) is 13.7. The number of H-pyrrole nitrogens is 1. The van der Waals surface area contributed by atoms with Crippen LogP contribution in [0.2, 0.25) is 5.02 Å². The van der Waals surface area contributed by atoms with Crippen LogP contribution in [0.4, 0.5) is 11.6 Å². The van der Waals surface area contributed by atoms with E-state index >= 15 is 0 Å². The zero-order valence-corrected chi connectivity index (χ0v) is 12.7. The van der Waals surface area contributed by atoms with Gasteiger partial charge in [0.15, 0.2) is 0 Å². The number of aromatic amines is 1. The lowest BCUT2D eigenvalue weighted by Gasteiger charge is -2.24. The predicted molar refractivity (Wildman–Crippen MR) is 88.8 cm³/mol. The van der Waals surface area contributed by atoms with E-state index in [1.807, 2.05) is 43.4 Å². The zero-order valence-electron chi connectivity index (χ0n) is 12.0. The Kier molecular flexibility index (Phi) is 3.47. The van der Waals surface area contributed by atoms with Crippen molar-refractivity contribution < 1.29 is 0 Å². The summed E-state index contributed by atoms with van der Waals surface area (Å²) in [5.74, 6) is 0.808. The van der Waals surface area contributed by atoms with Crippen molar-refractivity contribution in [2.24, 2.45) is 0 Å². The topological polar surface area (TPSA) is 57.9 Å². The quantitative estimate of drug-likeness (QED) is 0.719. The summed E-state index contributed by atoms with van der Waals surface area (Å²) >= 11 is 6.07. The molecule has 108 valence electrons. The van der Waals surface area contributed by atoms with Crippen LogP contribution in [0.5, 0.6) is 0 Å². The molecule has 3 aromatic rings. The number of fused-ring (bicyclic) bond motifs is 1. The average Bonchev–Trinajstić information content (AvgIpc) is 2.88. The Morgan fingerprint density at radius 2 is 2.05 bits per heavy atom. The molecule has 3 rings (SSSR count). The number of nitrogens with zero attached hydrogens (tertiary/aromatic N) is 2. The molecule has 0 saturated carbocycles. The zero-order chi connectivity index (χ0) is 15.0. The Labute approximate surface area is 128 Å². The highest BCUT2D eigenvalue weighted by Crippen LogP contribution is 2.27. The molecule has 0 spiro atoms. The number of hydrogen-bond acceptors (Lipinski definition) is 3. The van der Waals surface area contributed by atoms with E-state index in [1.165, 1.54) is 0 Å². The first-order valence-corrected chi connectivity index (χ1v) is 7.16. The van der Waals surface area contributed by atoms with Crippen LogP contribution in [0.15, 0.2) is 42.5 Å². The summed E-state index contributed by atoms with van der Waals surface area (Å²) < 4.78 is 0. The predicted octanol–water partition coefficient (Wildman–Crippen LogP) is 4.00. The molecule has 0 bridgehead atoms. The molecule has 1 atom stereocenters. The summed E-state index contributed by atoms with van der Waals surface area (Å²) in [4.78, 5) is 9.99. The Morgan fingerprint density at radius 3 is 2.81 bits per heavy atom. The molecule has 0 aliphatic rings. The van der Waals surface area contributed by atoms with Gasteiger partial charge < -0.3 is 15.6 Å². The van der Waals surface area contributed by atoms with E-state index in [0.29, 0.717) is 0 Å². The molecule has 21 heavy (non-hydrogen) atoms. The van der Waals surface area contributed by atoms with Crippen LogP contribution in [0, 0.1) is 0 Å². The van der Waals surface area contributed by atoms with Crippen LogP contribution in [0.1, 0.15) is 18.5 Å². The summed E-state index contributed by atoms with van der Waals surface area (Å²) in [7, 11) is 2.01. The minimum absolute atomic E-state index is 0.154. The first-order valence-electron chi connectivity index (χ1n) is 6.78. The molecule has 4 nitrogen and oxygen atoms in total. The second kappa shape index (κ2) is 5.30. The summed E-state index contributed by atoms with van der Waals surface area (Å²) in [6.45, 7) is 2.12. The third-order valence-electron chi connectivity index (χ3n) is 3.74. The number of nitrogens with two attached hydrogens (primary N) is 1. The van der Waals surface area contributed by atoms with Crippen molar-refractivity contribution in [2.45, 2.75) is 13.0 Å². The highest BCUT2D eigenvalue weighted by molar-refractivity contribution is 6.30. The number of nitrogen functional groups attached to an aromatic ring is 1. The fourth-order valence-electron chi connectivity index (χ4n) is 2.35. The van der Waals surface area contributed by atoms with Gasteiger partial charge in [0.2, 0.25) is 5.95 Å². The van der Waals surface area contributed by atoms with Gasteiger partial charge in [0, 0.05) is 17.8 Å². The number of halogens is 1. The van der Waals surface area contributed by atoms with Crippen LogP contribution in [-0.4, -0.2) is 17.0 Å². The van der Waals surface area contributed by atoms with E-state index in [-0.39, 0.29) is 6.04 Å². The first-order chi connectivity index (χ1) is 10.0. The van der Waals surface area contributed by atoms with E-state index in [4.69, 9.17) is 17.3 Å². The van der Waals surface area contributed by atoms with Gasteiger partial charge in [-0.25, -0.2) is 4.98 Å². The fourth-order valence-corrected chi connectivity index (χ4v) is 2.55. The SMILES string of the molecule is CC(c1cccc(Cl)c1)N(C)c1nc2ccc(N)cc2[nH]1. The van der Waals surface area contributed by atoms with Crippen molar-refractivity contribution in [3.05, 3.63) is 53.1 Å². The number of aromatic nitrogens is 2. The highest BCUT2D eigenvalue weighted by atomic mass is 35.5. The van der Waals surface area contributed by atoms with Crippen molar-refractivity contribution in [1.82, 2.24) is 9.97 Å². The van der Waals surface area contributed by atoms with Crippen LogP contribution >= 0.6 is 11.6 Å². The van der Waals surface area contributed by atoms with E-state index in [0.717, 1.165) is 33.3 Å². The molecular weight excluding hydrogens is 284 g/mol. The van der Waals surface area contributed by atoms with Crippen molar-refractivity contribution >= 4 is 34.3 Å². The van der Waals surface area contributed by atoms with Gasteiger partial charge in [0.05, 0.1) is 17.1 Å². The Bertz CT molecular complexity index is 781. The maximum Gasteiger partial charge on any atom is 0.204 e. The van der Waals surface area contributed by atoms with Gasteiger partial charge in [0.25, 0.3) is 0 Å². The lowest BCUT2D eigenvalue weighted by Crippen LogP contribution is -2.22. The summed E-state index contributed by atoms with van der Waals surface area (Å²) in [5.41, 5.74) is 9.52. The standard InChI is InChI=1S/C16H17ClN4/c1-10(11-4-3-5-12(17)8-11)21(2)16-19-14-7-6-13(18)9-15(14)20-16/h3-10H,18H2,1-2H3,(H,19,20). The molecule has 0 aliphatic carbocycles. The maximum absolute atomic E-state index is 6.07. The lowest BCUT2D eigenvalue weighted by molar-refractivity contribution is 0.722. The Hall–Kier alpha value is -2.20. The molecule has 1 unspecified atom stereocenters. The summed E-state index contributed by atoms with van der Waals surface area (Å²) in [6.07, 6.45) is 0. The molecular formula is C16H17ClN4. The molecule has 2 aromatic carbocycles. The van der Waals surface area contributed by atoms with Gasteiger partial charge in [-0.05, 0) is 42.8 Å². The van der Waals surface area contributed by atoms with Gasteiger partial charge in [-0.15, -0.1) is 0 Å². The van der Waals surface area contributed by atoms with Gasteiger partial charge in [-0.1, -0.05) is 23.7 Å².